The van der Waals surface area contributed by atoms with Crippen molar-refractivity contribution in [1.29, 1.82) is 0 Å². The summed E-state index contributed by atoms with van der Waals surface area (Å²) in [5.74, 6) is 0. The first-order valence-corrected chi connectivity index (χ1v) is 4.90. The summed E-state index contributed by atoms with van der Waals surface area (Å²) in [6.07, 6.45) is -0.227. The topological polar surface area (TPSA) is 43.7 Å². The third kappa shape index (κ3) is 2.72. The first-order chi connectivity index (χ1) is 6.79. The van der Waals surface area contributed by atoms with E-state index >= 15 is 0 Å². The Morgan fingerprint density at radius 1 is 1.29 bits per heavy atom. The second-order valence-corrected chi connectivity index (χ2v) is 3.11. The molecule has 3 heteroatoms. The molecule has 0 fully saturated rings. The molecule has 0 aromatic heterocycles. The highest BCUT2D eigenvalue weighted by Crippen LogP contribution is 2.16. The van der Waals surface area contributed by atoms with Crippen LogP contribution in [0.1, 0.15) is 13.3 Å². The molecule has 78 valence electrons. The van der Waals surface area contributed by atoms with Crippen LogP contribution in [-0.2, 0) is 0 Å². The predicted molar refractivity (Wildman–Crippen MR) is 57.2 cm³/mol. The number of rotatable bonds is 5. The third-order valence-corrected chi connectivity index (χ3v) is 2.18. The highest BCUT2D eigenvalue weighted by Gasteiger charge is 2.12. The van der Waals surface area contributed by atoms with Crippen molar-refractivity contribution in [3.63, 3.8) is 0 Å². The number of aliphatic hydroxyl groups excluding tert-OH is 2. The van der Waals surface area contributed by atoms with Crippen molar-refractivity contribution in [3.8, 4) is 0 Å². The molecule has 1 atom stereocenters. The van der Waals surface area contributed by atoms with Crippen molar-refractivity contribution < 1.29 is 10.2 Å². The lowest BCUT2D eigenvalue weighted by atomic mass is 10.2. The minimum Gasteiger partial charge on any atom is -0.396 e. The summed E-state index contributed by atoms with van der Waals surface area (Å²) < 4.78 is 0. The van der Waals surface area contributed by atoms with Gasteiger partial charge in [-0.2, -0.15) is 0 Å². The van der Waals surface area contributed by atoms with Gasteiger partial charge in [-0.15, -0.1) is 0 Å². The minimum absolute atomic E-state index is 0.00446. The molecule has 0 spiro atoms. The Bertz CT molecular complexity index is 251. The highest BCUT2D eigenvalue weighted by atomic mass is 16.3. The highest BCUT2D eigenvalue weighted by molar-refractivity contribution is 5.46. The number of para-hydroxylation sites is 1. The van der Waals surface area contributed by atoms with E-state index in [0.29, 0.717) is 6.42 Å². The lowest BCUT2D eigenvalue weighted by Gasteiger charge is -2.28. The van der Waals surface area contributed by atoms with Gasteiger partial charge in [0.25, 0.3) is 0 Å². The van der Waals surface area contributed by atoms with Gasteiger partial charge in [-0.1, -0.05) is 18.2 Å². The number of nitrogens with zero attached hydrogens (tertiary/aromatic N) is 1. The molecule has 1 aromatic carbocycles. The summed E-state index contributed by atoms with van der Waals surface area (Å²) in [6.45, 7) is 2.71. The quantitative estimate of drug-likeness (QED) is 0.694. The summed E-state index contributed by atoms with van der Waals surface area (Å²) in [5, 5.41) is 18.5. The Kier molecular flexibility index (Phi) is 4.43. The van der Waals surface area contributed by atoms with Crippen LogP contribution in [0, 0.1) is 0 Å². The van der Waals surface area contributed by atoms with E-state index in [9.17, 15) is 5.11 Å². The van der Waals surface area contributed by atoms with E-state index in [0.717, 1.165) is 12.2 Å². The maximum atomic E-state index is 9.73. The molecule has 0 aliphatic rings. The molecule has 1 aromatic rings. The molecule has 0 saturated heterocycles. The molecule has 14 heavy (non-hydrogen) atoms. The van der Waals surface area contributed by atoms with Gasteiger partial charge in [0.1, 0.15) is 6.23 Å². The van der Waals surface area contributed by atoms with Gasteiger partial charge in [0.15, 0.2) is 0 Å². The number of hydrogen-bond donors (Lipinski definition) is 2. The fraction of sp³-hybridized carbons (Fsp3) is 0.455. The van der Waals surface area contributed by atoms with Gasteiger partial charge >= 0.3 is 0 Å². The summed E-state index contributed by atoms with van der Waals surface area (Å²) in [4.78, 5) is 1.86. The Morgan fingerprint density at radius 3 is 2.43 bits per heavy atom. The van der Waals surface area contributed by atoms with Crippen LogP contribution < -0.4 is 4.90 Å². The number of hydrogen-bond acceptors (Lipinski definition) is 3. The standard InChI is InChI=1S/C11H17NO2/c1-2-12(11(14)8-9-13)10-6-4-3-5-7-10/h3-7,11,13-14H,2,8-9H2,1H3. The third-order valence-electron chi connectivity index (χ3n) is 2.18. The average Bonchev–Trinajstić information content (AvgIpc) is 2.21. The molecule has 1 rings (SSSR count). The molecule has 0 saturated carbocycles. The van der Waals surface area contributed by atoms with Crippen molar-refractivity contribution in [1.82, 2.24) is 0 Å². The van der Waals surface area contributed by atoms with Gasteiger partial charge in [0.05, 0.1) is 0 Å². The van der Waals surface area contributed by atoms with Crippen molar-refractivity contribution >= 4 is 5.69 Å². The SMILES string of the molecule is CCN(c1ccccc1)C(O)CCO. The summed E-state index contributed by atoms with van der Waals surface area (Å²) in [5.41, 5.74) is 0.982. The first-order valence-electron chi connectivity index (χ1n) is 4.90. The fourth-order valence-electron chi connectivity index (χ4n) is 1.46. The van der Waals surface area contributed by atoms with Gasteiger partial charge in [-0.05, 0) is 19.1 Å². The fourth-order valence-corrected chi connectivity index (χ4v) is 1.46. The van der Waals surface area contributed by atoms with Gasteiger partial charge < -0.3 is 15.1 Å². The Balaban J connectivity index is 2.71. The molecule has 3 nitrogen and oxygen atoms in total. The monoisotopic (exact) mass is 195 g/mol. The summed E-state index contributed by atoms with van der Waals surface area (Å²) in [7, 11) is 0. The van der Waals surface area contributed by atoms with E-state index in [-0.39, 0.29) is 6.61 Å². The van der Waals surface area contributed by atoms with Crippen LogP contribution in [0.15, 0.2) is 30.3 Å². The maximum absolute atomic E-state index is 9.73. The second kappa shape index (κ2) is 5.62. The molecule has 0 heterocycles. The van der Waals surface area contributed by atoms with Crippen LogP contribution in [0.2, 0.25) is 0 Å². The van der Waals surface area contributed by atoms with E-state index in [1.54, 1.807) is 0 Å². The van der Waals surface area contributed by atoms with E-state index in [1.807, 2.05) is 42.2 Å². The molecule has 1 unspecified atom stereocenters. The minimum atomic E-state index is -0.604. The van der Waals surface area contributed by atoms with Gasteiger partial charge in [-0.25, -0.2) is 0 Å². The van der Waals surface area contributed by atoms with E-state index in [4.69, 9.17) is 5.11 Å². The predicted octanol–water partition coefficient (Wildman–Crippen LogP) is 1.21. The largest absolute Gasteiger partial charge is 0.396 e. The van der Waals surface area contributed by atoms with E-state index in [1.165, 1.54) is 0 Å². The van der Waals surface area contributed by atoms with Gasteiger partial charge in [0, 0.05) is 25.3 Å². The van der Waals surface area contributed by atoms with E-state index < -0.39 is 6.23 Å². The van der Waals surface area contributed by atoms with Crippen LogP contribution in [0.3, 0.4) is 0 Å². The molecular weight excluding hydrogens is 178 g/mol. The zero-order chi connectivity index (χ0) is 10.4. The van der Waals surface area contributed by atoms with Crippen LogP contribution in [0.5, 0.6) is 0 Å². The zero-order valence-electron chi connectivity index (χ0n) is 8.43. The second-order valence-electron chi connectivity index (χ2n) is 3.11. The van der Waals surface area contributed by atoms with Crippen LogP contribution >= 0.6 is 0 Å². The lowest BCUT2D eigenvalue weighted by molar-refractivity contribution is 0.129. The maximum Gasteiger partial charge on any atom is 0.129 e. The van der Waals surface area contributed by atoms with Gasteiger partial charge in [-0.3, -0.25) is 0 Å². The smallest absolute Gasteiger partial charge is 0.129 e. The Labute approximate surface area is 84.6 Å². The molecule has 2 N–H and O–H groups in total. The number of anilines is 1. The van der Waals surface area contributed by atoms with E-state index in [2.05, 4.69) is 0 Å². The van der Waals surface area contributed by atoms with Crippen molar-refractivity contribution in [2.45, 2.75) is 19.6 Å². The summed E-state index contributed by atoms with van der Waals surface area (Å²) in [6, 6.07) is 9.71. The zero-order valence-corrected chi connectivity index (χ0v) is 8.43. The molecule has 0 aliphatic heterocycles. The molecule has 0 radical (unpaired) electrons. The molecule has 0 amide bonds. The van der Waals surface area contributed by atoms with Crippen LogP contribution in [-0.4, -0.2) is 29.6 Å². The van der Waals surface area contributed by atoms with Gasteiger partial charge in [0.2, 0.25) is 0 Å². The number of aliphatic hydroxyl groups is 2. The molecule has 0 bridgehead atoms. The van der Waals surface area contributed by atoms with Crippen LogP contribution in [0.25, 0.3) is 0 Å². The Hall–Kier alpha value is -1.06. The summed E-state index contributed by atoms with van der Waals surface area (Å²) >= 11 is 0. The molecule has 0 aliphatic carbocycles. The first kappa shape index (κ1) is 11.0. The van der Waals surface area contributed by atoms with Crippen LogP contribution in [0.4, 0.5) is 5.69 Å². The normalized spacial score (nSPS) is 12.5. The number of benzene rings is 1. The van der Waals surface area contributed by atoms with Crippen molar-refractivity contribution in [2.75, 3.05) is 18.1 Å². The average molecular weight is 195 g/mol. The van der Waals surface area contributed by atoms with Crippen molar-refractivity contribution in [2.24, 2.45) is 0 Å². The van der Waals surface area contributed by atoms with Crippen molar-refractivity contribution in [3.05, 3.63) is 30.3 Å². The Morgan fingerprint density at radius 2 is 1.93 bits per heavy atom. The lowest BCUT2D eigenvalue weighted by Crippen LogP contribution is -2.35. The molecular formula is C11H17NO2.